The first-order chi connectivity index (χ1) is 18.2. The van der Waals surface area contributed by atoms with Gasteiger partial charge in [0.25, 0.3) is 5.91 Å². The summed E-state index contributed by atoms with van der Waals surface area (Å²) in [4.78, 5) is 36.5. The van der Waals surface area contributed by atoms with E-state index in [2.05, 4.69) is 20.6 Å². The molecule has 38 heavy (non-hydrogen) atoms. The molecule has 2 N–H and O–H groups in total. The van der Waals surface area contributed by atoms with Crippen molar-refractivity contribution >= 4 is 29.4 Å². The summed E-state index contributed by atoms with van der Waals surface area (Å²) in [6.45, 7) is 5.18. The summed E-state index contributed by atoms with van der Waals surface area (Å²) >= 11 is 6.44. The molecule has 1 saturated heterocycles. The number of anilines is 1. The summed E-state index contributed by atoms with van der Waals surface area (Å²) in [5.74, 6) is -0.474. The number of halogens is 2. The van der Waals surface area contributed by atoms with Crippen molar-refractivity contribution in [1.29, 1.82) is 0 Å². The minimum atomic E-state index is -0.803. The summed E-state index contributed by atoms with van der Waals surface area (Å²) < 4.78 is 19.1. The average molecular weight is 538 g/mol. The first kappa shape index (κ1) is 26.1. The SMILES string of the molecule is CC(C)(NC(=O)CN1Cc2ccc(-c3nc(NC4CCOCC4)ncc3Cl)cc2C1=O)c1cccc(F)c1. The fourth-order valence-corrected chi connectivity index (χ4v) is 5.01. The fraction of sp³-hybridized carbons (Fsp3) is 0.357. The van der Waals surface area contributed by atoms with E-state index in [0.29, 0.717) is 53.1 Å². The summed E-state index contributed by atoms with van der Waals surface area (Å²) in [6, 6.07) is 11.8. The third kappa shape index (κ3) is 5.63. The molecule has 0 bridgehead atoms. The first-order valence-corrected chi connectivity index (χ1v) is 12.9. The number of nitrogens with zero attached hydrogens (tertiary/aromatic N) is 3. The number of carbonyl (C=O) groups is 2. The van der Waals surface area contributed by atoms with Gasteiger partial charge in [0, 0.05) is 36.9 Å². The van der Waals surface area contributed by atoms with Gasteiger partial charge in [0.2, 0.25) is 11.9 Å². The van der Waals surface area contributed by atoms with Crippen LogP contribution in [0.2, 0.25) is 5.02 Å². The number of hydrogen-bond acceptors (Lipinski definition) is 6. The van der Waals surface area contributed by atoms with Crippen LogP contribution in [-0.2, 0) is 21.6 Å². The quantitative estimate of drug-likeness (QED) is 0.459. The van der Waals surface area contributed by atoms with Crippen molar-refractivity contribution in [3.63, 3.8) is 0 Å². The monoisotopic (exact) mass is 537 g/mol. The molecule has 10 heteroatoms. The molecule has 1 aromatic heterocycles. The first-order valence-electron chi connectivity index (χ1n) is 12.6. The van der Waals surface area contributed by atoms with Crippen LogP contribution in [0.15, 0.2) is 48.7 Å². The number of carbonyl (C=O) groups excluding carboxylic acids is 2. The van der Waals surface area contributed by atoms with Crippen molar-refractivity contribution in [2.45, 2.75) is 44.8 Å². The van der Waals surface area contributed by atoms with Crippen LogP contribution >= 0.6 is 11.6 Å². The lowest BCUT2D eigenvalue weighted by Gasteiger charge is -2.28. The Hall–Kier alpha value is -3.56. The van der Waals surface area contributed by atoms with E-state index >= 15 is 0 Å². The molecule has 1 fully saturated rings. The van der Waals surface area contributed by atoms with Crippen LogP contribution in [0.5, 0.6) is 0 Å². The Morgan fingerprint density at radius 3 is 2.76 bits per heavy atom. The Balaban J connectivity index is 1.28. The summed E-state index contributed by atoms with van der Waals surface area (Å²) in [6.07, 6.45) is 3.30. The van der Waals surface area contributed by atoms with Gasteiger partial charge in [-0.05, 0) is 56.0 Å². The Bertz CT molecular complexity index is 1380. The highest BCUT2D eigenvalue weighted by Gasteiger charge is 2.31. The van der Waals surface area contributed by atoms with Crippen molar-refractivity contribution in [2.24, 2.45) is 0 Å². The van der Waals surface area contributed by atoms with Crippen LogP contribution in [0.25, 0.3) is 11.3 Å². The van der Waals surface area contributed by atoms with Crippen LogP contribution in [0.4, 0.5) is 10.3 Å². The van der Waals surface area contributed by atoms with E-state index in [1.165, 1.54) is 17.0 Å². The van der Waals surface area contributed by atoms with Crippen LogP contribution in [0.1, 0.15) is 48.2 Å². The molecule has 8 nitrogen and oxygen atoms in total. The van der Waals surface area contributed by atoms with E-state index in [1.54, 1.807) is 38.2 Å². The average Bonchev–Trinajstić information content (AvgIpc) is 3.19. The second-order valence-electron chi connectivity index (χ2n) is 10.1. The third-order valence-electron chi connectivity index (χ3n) is 6.89. The molecule has 5 rings (SSSR count). The number of fused-ring (bicyclic) bond motifs is 1. The highest BCUT2D eigenvalue weighted by atomic mass is 35.5. The van der Waals surface area contributed by atoms with Crippen molar-refractivity contribution in [1.82, 2.24) is 20.2 Å². The third-order valence-corrected chi connectivity index (χ3v) is 7.17. The van der Waals surface area contributed by atoms with Gasteiger partial charge in [0.1, 0.15) is 12.4 Å². The highest BCUT2D eigenvalue weighted by Crippen LogP contribution is 2.32. The lowest BCUT2D eigenvalue weighted by atomic mass is 9.94. The smallest absolute Gasteiger partial charge is 0.254 e. The van der Waals surface area contributed by atoms with E-state index in [0.717, 1.165) is 18.4 Å². The number of benzene rings is 2. The van der Waals surface area contributed by atoms with Gasteiger partial charge in [-0.15, -0.1) is 0 Å². The summed E-state index contributed by atoms with van der Waals surface area (Å²) in [5, 5.41) is 6.63. The van der Waals surface area contributed by atoms with Crippen LogP contribution in [0, 0.1) is 5.82 Å². The fourth-order valence-electron chi connectivity index (χ4n) is 4.81. The summed E-state index contributed by atoms with van der Waals surface area (Å²) in [5.41, 5.74) is 2.38. The largest absolute Gasteiger partial charge is 0.381 e. The number of amides is 2. The normalized spacial score (nSPS) is 15.9. The molecule has 0 saturated carbocycles. The van der Waals surface area contributed by atoms with Crippen molar-refractivity contribution in [2.75, 3.05) is 25.1 Å². The van der Waals surface area contributed by atoms with Crippen LogP contribution in [0.3, 0.4) is 0 Å². The minimum Gasteiger partial charge on any atom is -0.381 e. The maximum absolute atomic E-state index is 13.7. The molecule has 198 valence electrons. The van der Waals surface area contributed by atoms with Gasteiger partial charge in [0.05, 0.1) is 22.5 Å². The molecule has 0 radical (unpaired) electrons. The Kier molecular flexibility index (Phi) is 7.32. The zero-order valence-electron chi connectivity index (χ0n) is 21.3. The maximum atomic E-state index is 13.7. The van der Waals surface area contributed by atoms with Gasteiger partial charge in [-0.2, -0.15) is 0 Å². The van der Waals surface area contributed by atoms with Gasteiger partial charge in [0.15, 0.2) is 0 Å². The van der Waals surface area contributed by atoms with Crippen molar-refractivity contribution < 1.29 is 18.7 Å². The molecule has 0 spiro atoms. The number of ether oxygens (including phenoxy) is 1. The van der Waals surface area contributed by atoms with Crippen molar-refractivity contribution in [3.05, 3.63) is 76.2 Å². The number of aromatic nitrogens is 2. The van der Waals surface area contributed by atoms with E-state index < -0.39 is 5.54 Å². The molecule has 3 heterocycles. The molecular weight excluding hydrogens is 509 g/mol. The molecule has 0 unspecified atom stereocenters. The molecule has 0 aliphatic carbocycles. The zero-order chi connectivity index (χ0) is 26.9. The topological polar surface area (TPSA) is 96.5 Å². The maximum Gasteiger partial charge on any atom is 0.254 e. The van der Waals surface area contributed by atoms with E-state index in [-0.39, 0.29) is 30.2 Å². The highest BCUT2D eigenvalue weighted by molar-refractivity contribution is 6.33. The molecular formula is C28H29ClFN5O3. The van der Waals surface area contributed by atoms with Crippen LogP contribution in [-0.4, -0.2) is 52.5 Å². The molecule has 3 aromatic rings. The zero-order valence-corrected chi connectivity index (χ0v) is 22.0. The van der Waals surface area contributed by atoms with E-state index in [4.69, 9.17) is 16.3 Å². The second kappa shape index (κ2) is 10.7. The van der Waals surface area contributed by atoms with Gasteiger partial charge in [-0.3, -0.25) is 9.59 Å². The number of rotatable bonds is 7. The molecule has 2 aliphatic rings. The standard InChI is InChI=1S/C28H29ClFN5O3/c1-28(2,19-4-3-5-20(30)13-19)34-24(36)16-35-15-18-7-6-17(12-22(18)26(35)37)25-23(29)14-31-27(33-25)32-21-8-10-38-11-9-21/h3-7,12-14,21H,8-11,15-16H2,1-2H3,(H,34,36)(H,31,32,33). The van der Waals surface area contributed by atoms with Gasteiger partial charge >= 0.3 is 0 Å². The predicted octanol–water partition coefficient (Wildman–Crippen LogP) is 4.53. The Morgan fingerprint density at radius 1 is 1.21 bits per heavy atom. The minimum absolute atomic E-state index is 0.116. The lowest BCUT2D eigenvalue weighted by Crippen LogP contribution is -2.46. The Morgan fingerprint density at radius 2 is 2.00 bits per heavy atom. The summed E-state index contributed by atoms with van der Waals surface area (Å²) in [7, 11) is 0. The lowest BCUT2D eigenvalue weighted by molar-refractivity contribution is -0.123. The van der Waals surface area contributed by atoms with Crippen molar-refractivity contribution in [3.8, 4) is 11.3 Å². The van der Waals surface area contributed by atoms with E-state index in [1.807, 2.05) is 12.1 Å². The Labute approximate surface area is 225 Å². The predicted molar refractivity (Wildman–Crippen MR) is 142 cm³/mol. The second-order valence-corrected chi connectivity index (χ2v) is 10.5. The van der Waals surface area contributed by atoms with Gasteiger partial charge < -0.3 is 20.3 Å². The van der Waals surface area contributed by atoms with E-state index in [9.17, 15) is 14.0 Å². The van der Waals surface area contributed by atoms with Gasteiger partial charge in [-0.1, -0.05) is 35.9 Å². The number of hydrogen-bond donors (Lipinski definition) is 2. The van der Waals surface area contributed by atoms with Crippen LogP contribution < -0.4 is 10.6 Å². The van der Waals surface area contributed by atoms with Gasteiger partial charge in [-0.25, -0.2) is 14.4 Å². The molecule has 2 amide bonds. The number of nitrogens with one attached hydrogen (secondary N) is 2. The molecule has 2 aliphatic heterocycles. The molecule has 0 atom stereocenters. The molecule has 2 aromatic carbocycles.